The number of halogens is 1. The topological polar surface area (TPSA) is 78.2 Å². The van der Waals surface area contributed by atoms with Crippen LogP contribution in [0.2, 0.25) is 0 Å². The van der Waals surface area contributed by atoms with Gasteiger partial charge in [0.25, 0.3) is 0 Å². The fourth-order valence-electron chi connectivity index (χ4n) is 3.46. The molecule has 8 heteroatoms. The highest BCUT2D eigenvalue weighted by Crippen LogP contribution is 2.36. The number of rotatable bonds is 9. The maximum atomic E-state index is 13.3. The highest BCUT2D eigenvalue weighted by molar-refractivity contribution is 5.76. The van der Waals surface area contributed by atoms with Crippen molar-refractivity contribution < 1.29 is 13.9 Å². The van der Waals surface area contributed by atoms with E-state index < -0.39 is 0 Å². The Morgan fingerprint density at radius 1 is 1.16 bits per heavy atom. The van der Waals surface area contributed by atoms with Gasteiger partial charge in [-0.3, -0.25) is 9.36 Å². The number of hydrogen-bond donors (Lipinski definition) is 1. The number of carbonyl (C=O) groups is 1. The molecule has 162 valence electrons. The number of aryl methyl sites for hydroxylation is 1. The normalized spacial score (nSPS) is 13.2. The molecule has 0 bridgehead atoms. The van der Waals surface area contributed by atoms with E-state index >= 15 is 0 Å². The number of ether oxygens (including phenoxy) is 1. The van der Waals surface area contributed by atoms with Crippen molar-refractivity contribution in [1.82, 2.24) is 19.7 Å². The summed E-state index contributed by atoms with van der Waals surface area (Å²) in [6.07, 6.45) is 2.85. The second kappa shape index (κ2) is 9.16. The van der Waals surface area contributed by atoms with E-state index in [1.54, 1.807) is 23.8 Å². The van der Waals surface area contributed by atoms with Crippen LogP contribution in [0.25, 0.3) is 11.4 Å². The molecule has 3 aromatic rings. The van der Waals surface area contributed by atoms with Crippen LogP contribution in [0.1, 0.15) is 30.9 Å². The lowest BCUT2D eigenvalue weighted by atomic mass is 10.1. The average Bonchev–Trinajstić information content (AvgIpc) is 3.57. The van der Waals surface area contributed by atoms with Gasteiger partial charge in [0.15, 0.2) is 5.82 Å². The first-order valence-corrected chi connectivity index (χ1v) is 10.4. The van der Waals surface area contributed by atoms with Gasteiger partial charge in [-0.2, -0.15) is 0 Å². The van der Waals surface area contributed by atoms with E-state index in [1.165, 1.54) is 16.8 Å². The van der Waals surface area contributed by atoms with Crippen LogP contribution >= 0.6 is 0 Å². The zero-order valence-electron chi connectivity index (χ0n) is 17.4. The number of nitrogens with zero attached hydrogens (tertiary/aromatic N) is 3. The Hall–Kier alpha value is -3.42. The Morgan fingerprint density at radius 2 is 1.87 bits per heavy atom. The molecule has 1 amide bonds. The van der Waals surface area contributed by atoms with Crippen LogP contribution < -0.4 is 15.7 Å². The van der Waals surface area contributed by atoms with E-state index in [2.05, 4.69) is 10.4 Å². The quantitative estimate of drug-likeness (QED) is 0.573. The third-order valence-corrected chi connectivity index (χ3v) is 5.33. The molecule has 0 saturated heterocycles. The lowest BCUT2D eigenvalue weighted by Crippen LogP contribution is -2.32. The highest BCUT2D eigenvalue weighted by atomic mass is 19.1. The number of amides is 1. The minimum atomic E-state index is -0.333. The number of carbonyl (C=O) groups excluding carboxylic acids is 1. The van der Waals surface area contributed by atoms with Gasteiger partial charge in [0.2, 0.25) is 5.91 Å². The molecule has 4 rings (SSSR count). The van der Waals surface area contributed by atoms with Gasteiger partial charge in [0, 0.05) is 24.6 Å². The van der Waals surface area contributed by atoms with Crippen molar-refractivity contribution in [2.45, 2.75) is 38.3 Å². The monoisotopic (exact) mass is 424 g/mol. The Labute approximate surface area is 179 Å². The van der Waals surface area contributed by atoms with Gasteiger partial charge in [-0.1, -0.05) is 12.1 Å². The van der Waals surface area contributed by atoms with Crippen LogP contribution in [-0.2, 0) is 17.8 Å². The number of hydrogen-bond acceptors (Lipinski definition) is 4. The van der Waals surface area contributed by atoms with E-state index in [1.807, 2.05) is 24.3 Å². The number of nitrogens with one attached hydrogen (secondary N) is 1. The Bertz CT molecular complexity index is 1100. The second-order valence-electron chi connectivity index (χ2n) is 7.64. The Kier molecular flexibility index (Phi) is 6.16. The Balaban J connectivity index is 1.35. The van der Waals surface area contributed by atoms with Crippen LogP contribution in [-0.4, -0.2) is 33.9 Å². The van der Waals surface area contributed by atoms with Crippen molar-refractivity contribution in [1.29, 1.82) is 0 Å². The van der Waals surface area contributed by atoms with E-state index in [4.69, 9.17) is 4.74 Å². The fourth-order valence-corrected chi connectivity index (χ4v) is 3.46. The summed E-state index contributed by atoms with van der Waals surface area (Å²) in [4.78, 5) is 25.0. The third-order valence-electron chi connectivity index (χ3n) is 5.33. The fraction of sp³-hybridized carbons (Fsp3) is 0.348. The second-order valence-corrected chi connectivity index (χ2v) is 7.64. The summed E-state index contributed by atoms with van der Waals surface area (Å²) in [5, 5.41) is 7.31. The lowest BCUT2D eigenvalue weighted by molar-refractivity contribution is -0.121. The lowest BCUT2D eigenvalue weighted by Gasteiger charge is -2.06. The van der Waals surface area contributed by atoms with Crippen molar-refractivity contribution in [3.63, 3.8) is 0 Å². The third kappa shape index (κ3) is 5.02. The van der Waals surface area contributed by atoms with Crippen LogP contribution in [0, 0.1) is 5.82 Å². The van der Waals surface area contributed by atoms with Crippen molar-refractivity contribution in [3.8, 4) is 17.1 Å². The predicted molar refractivity (Wildman–Crippen MR) is 114 cm³/mol. The maximum absolute atomic E-state index is 13.3. The first kappa shape index (κ1) is 20.8. The molecule has 2 aromatic carbocycles. The van der Waals surface area contributed by atoms with Gasteiger partial charge in [-0.25, -0.2) is 13.9 Å². The predicted octanol–water partition coefficient (Wildman–Crippen LogP) is 2.94. The zero-order chi connectivity index (χ0) is 21.8. The van der Waals surface area contributed by atoms with Crippen molar-refractivity contribution in [3.05, 3.63) is 70.4 Å². The van der Waals surface area contributed by atoms with Gasteiger partial charge >= 0.3 is 5.69 Å². The van der Waals surface area contributed by atoms with Crippen molar-refractivity contribution in [2.24, 2.45) is 0 Å². The van der Waals surface area contributed by atoms with E-state index in [0.717, 1.165) is 24.2 Å². The molecule has 0 atom stereocenters. The Morgan fingerprint density at radius 3 is 2.52 bits per heavy atom. The van der Waals surface area contributed by atoms with E-state index in [0.29, 0.717) is 30.8 Å². The summed E-state index contributed by atoms with van der Waals surface area (Å²) in [5.41, 5.74) is 1.56. The minimum absolute atomic E-state index is 0.0794. The zero-order valence-corrected chi connectivity index (χ0v) is 17.4. The maximum Gasteiger partial charge on any atom is 0.346 e. The largest absolute Gasteiger partial charge is 0.497 e. The molecule has 1 aliphatic rings. The van der Waals surface area contributed by atoms with Crippen molar-refractivity contribution >= 4 is 5.91 Å². The van der Waals surface area contributed by atoms with Crippen molar-refractivity contribution in [2.75, 3.05) is 13.7 Å². The van der Waals surface area contributed by atoms with Gasteiger partial charge in [0.1, 0.15) is 11.6 Å². The molecular weight excluding hydrogens is 399 g/mol. The molecule has 1 saturated carbocycles. The summed E-state index contributed by atoms with van der Waals surface area (Å²) >= 11 is 0. The SMILES string of the molecule is COc1ccc(CCC(=O)NCCn2nc(-c3ccc(F)cc3)n(C3CC3)c2=O)cc1. The molecule has 31 heavy (non-hydrogen) atoms. The van der Waals surface area contributed by atoms with Crippen LogP contribution in [0.5, 0.6) is 5.75 Å². The molecule has 1 aromatic heterocycles. The van der Waals surface area contributed by atoms with Crippen LogP contribution in [0.15, 0.2) is 53.3 Å². The van der Waals surface area contributed by atoms with Crippen LogP contribution in [0.4, 0.5) is 4.39 Å². The summed E-state index contributed by atoms with van der Waals surface area (Å²) in [6.45, 7) is 0.590. The van der Waals surface area contributed by atoms with Gasteiger partial charge < -0.3 is 10.1 Å². The summed E-state index contributed by atoms with van der Waals surface area (Å²) in [6, 6.07) is 13.7. The molecule has 1 N–H and O–H groups in total. The van der Waals surface area contributed by atoms with Gasteiger partial charge in [-0.05, 0) is 61.2 Å². The highest BCUT2D eigenvalue weighted by Gasteiger charge is 2.30. The van der Waals surface area contributed by atoms with E-state index in [9.17, 15) is 14.0 Å². The van der Waals surface area contributed by atoms with Gasteiger partial charge in [0.05, 0.1) is 13.7 Å². The molecule has 1 heterocycles. The van der Waals surface area contributed by atoms with E-state index in [-0.39, 0.29) is 30.0 Å². The number of methoxy groups -OCH3 is 1. The molecule has 7 nitrogen and oxygen atoms in total. The molecule has 0 spiro atoms. The standard InChI is InChI=1S/C23H25FN4O3/c1-31-20-11-2-16(3-12-20)4-13-21(29)25-14-15-27-23(30)28(19-9-10-19)22(26-27)17-5-7-18(24)8-6-17/h2-3,5-8,11-12,19H,4,9-10,13-15H2,1H3,(H,25,29). The molecule has 1 aliphatic carbocycles. The molecule has 0 aliphatic heterocycles. The average molecular weight is 424 g/mol. The summed E-state index contributed by atoms with van der Waals surface area (Å²) in [5.74, 6) is 0.910. The molecular formula is C23H25FN4O3. The van der Waals surface area contributed by atoms with Gasteiger partial charge in [-0.15, -0.1) is 5.10 Å². The summed E-state index contributed by atoms with van der Waals surface area (Å²) in [7, 11) is 1.62. The molecule has 0 unspecified atom stereocenters. The molecule has 0 radical (unpaired) electrons. The first-order chi connectivity index (χ1) is 15.0. The smallest absolute Gasteiger partial charge is 0.346 e. The molecule has 1 fully saturated rings. The number of aromatic nitrogens is 3. The minimum Gasteiger partial charge on any atom is -0.497 e. The van der Waals surface area contributed by atoms with Crippen LogP contribution in [0.3, 0.4) is 0 Å². The number of benzene rings is 2. The summed E-state index contributed by atoms with van der Waals surface area (Å²) < 4.78 is 21.5. The first-order valence-electron chi connectivity index (χ1n) is 10.4.